The number of nitrogens with zero attached hydrogens (tertiary/aromatic N) is 1. The van der Waals surface area contributed by atoms with Crippen LogP contribution in [0, 0.1) is 0 Å². The summed E-state index contributed by atoms with van der Waals surface area (Å²) in [6, 6.07) is 16.5. The molecule has 0 aliphatic heterocycles. The van der Waals surface area contributed by atoms with E-state index in [9.17, 15) is 9.90 Å². The molecule has 3 aromatic rings. The summed E-state index contributed by atoms with van der Waals surface area (Å²) in [5.74, 6) is -0.966. The maximum absolute atomic E-state index is 11.4. The average Bonchev–Trinajstić information content (AvgIpc) is 2.94. The van der Waals surface area contributed by atoms with Crippen LogP contribution in [0.1, 0.15) is 9.67 Å². The van der Waals surface area contributed by atoms with Gasteiger partial charge in [-0.3, -0.25) is 0 Å². The Morgan fingerprint density at radius 1 is 1.00 bits per heavy atom. The van der Waals surface area contributed by atoms with Crippen LogP contribution in [0.2, 0.25) is 5.02 Å². The van der Waals surface area contributed by atoms with Crippen molar-refractivity contribution in [3.05, 3.63) is 64.5 Å². The summed E-state index contributed by atoms with van der Waals surface area (Å²) in [5.41, 5.74) is 2.15. The molecule has 0 radical (unpaired) electrons. The van der Waals surface area contributed by atoms with Gasteiger partial charge in [0.05, 0.1) is 5.69 Å². The molecule has 5 heteroatoms. The third-order valence-corrected chi connectivity index (χ3v) is 4.30. The summed E-state index contributed by atoms with van der Waals surface area (Å²) in [7, 11) is 0. The predicted octanol–water partition coefficient (Wildman–Crippen LogP) is 4.83. The molecule has 0 fully saturated rings. The molecule has 0 spiro atoms. The molecule has 1 heterocycles. The van der Waals surface area contributed by atoms with Crippen LogP contribution < -0.4 is 0 Å². The first-order chi connectivity index (χ1) is 10.1. The highest BCUT2D eigenvalue weighted by molar-refractivity contribution is 7.17. The number of hydrogen-bond donors (Lipinski definition) is 1. The van der Waals surface area contributed by atoms with E-state index in [-0.39, 0.29) is 4.88 Å². The van der Waals surface area contributed by atoms with Gasteiger partial charge in [-0.1, -0.05) is 54.1 Å². The van der Waals surface area contributed by atoms with Gasteiger partial charge < -0.3 is 5.11 Å². The first kappa shape index (κ1) is 13.8. The maximum atomic E-state index is 11.4. The molecule has 0 atom stereocenters. The molecule has 1 aromatic heterocycles. The zero-order valence-corrected chi connectivity index (χ0v) is 12.4. The Kier molecular flexibility index (Phi) is 3.73. The fraction of sp³-hybridized carbons (Fsp3) is 0. The van der Waals surface area contributed by atoms with Gasteiger partial charge in [-0.25, -0.2) is 9.78 Å². The lowest BCUT2D eigenvalue weighted by Gasteiger charge is -1.98. The van der Waals surface area contributed by atoms with Gasteiger partial charge in [-0.05, 0) is 12.1 Å². The summed E-state index contributed by atoms with van der Waals surface area (Å²) in [5, 5.41) is 10.7. The zero-order valence-electron chi connectivity index (χ0n) is 10.8. The number of benzene rings is 2. The fourth-order valence-corrected chi connectivity index (χ4v) is 3.03. The molecular weight excluding hydrogens is 306 g/mol. The average molecular weight is 316 g/mol. The van der Waals surface area contributed by atoms with Crippen molar-refractivity contribution >= 4 is 28.9 Å². The number of rotatable bonds is 3. The van der Waals surface area contributed by atoms with Crippen LogP contribution in [0.25, 0.3) is 21.8 Å². The van der Waals surface area contributed by atoms with Crippen LogP contribution in [0.4, 0.5) is 0 Å². The van der Waals surface area contributed by atoms with E-state index in [0.29, 0.717) is 15.7 Å². The minimum absolute atomic E-state index is 0.242. The molecule has 0 aliphatic carbocycles. The third kappa shape index (κ3) is 2.82. The Morgan fingerprint density at radius 2 is 1.67 bits per heavy atom. The van der Waals surface area contributed by atoms with Crippen molar-refractivity contribution in [3.63, 3.8) is 0 Å². The van der Waals surface area contributed by atoms with Crippen molar-refractivity contribution in [1.29, 1.82) is 0 Å². The van der Waals surface area contributed by atoms with Gasteiger partial charge in [-0.2, -0.15) is 0 Å². The number of aromatic nitrogens is 1. The quantitative estimate of drug-likeness (QED) is 0.753. The zero-order chi connectivity index (χ0) is 14.8. The largest absolute Gasteiger partial charge is 0.477 e. The van der Waals surface area contributed by atoms with Crippen LogP contribution in [0.3, 0.4) is 0 Å². The van der Waals surface area contributed by atoms with Gasteiger partial charge in [0.15, 0.2) is 0 Å². The van der Waals surface area contributed by atoms with E-state index >= 15 is 0 Å². The molecule has 0 saturated heterocycles. The molecule has 0 bridgehead atoms. The van der Waals surface area contributed by atoms with Crippen LogP contribution in [-0.4, -0.2) is 16.1 Å². The molecule has 21 heavy (non-hydrogen) atoms. The Morgan fingerprint density at radius 3 is 2.29 bits per heavy atom. The summed E-state index contributed by atoms with van der Waals surface area (Å²) >= 11 is 7.04. The smallest absolute Gasteiger partial charge is 0.348 e. The van der Waals surface area contributed by atoms with Crippen molar-refractivity contribution in [2.24, 2.45) is 0 Å². The Hall–Kier alpha value is -2.17. The standard InChI is InChI=1S/C16H10ClNO2S/c17-12-8-6-11(7-9-12)15-18-13(14(21-15)16(19)20)10-4-2-1-3-5-10/h1-9H,(H,19,20). The SMILES string of the molecule is O=C(O)c1sc(-c2ccc(Cl)cc2)nc1-c1ccccc1. The Bertz CT molecular complexity index is 782. The van der Waals surface area contributed by atoms with E-state index in [1.165, 1.54) is 11.3 Å². The van der Waals surface area contributed by atoms with Crippen LogP contribution >= 0.6 is 22.9 Å². The van der Waals surface area contributed by atoms with Crippen molar-refractivity contribution < 1.29 is 9.90 Å². The van der Waals surface area contributed by atoms with Gasteiger partial charge in [0.1, 0.15) is 9.88 Å². The summed E-state index contributed by atoms with van der Waals surface area (Å²) in [4.78, 5) is 16.2. The van der Waals surface area contributed by atoms with E-state index in [1.54, 1.807) is 12.1 Å². The highest BCUT2D eigenvalue weighted by atomic mass is 35.5. The number of thiazole rings is 1. The van der Waals surface area contributed by atoms with E-state index < -0.39 is 5.97 Å². The second-order valence-electron chi connectivity index (χ2n) is 4.37. The lowest BCUT2D eigenvalue weighted by Crippen LogP contribution is -1.95. The summed E-state index contributed by atoms with van der Waals surface area (Å²) < 4.78 is 0. The lowest BCUT2D eigenvalue weighted by atomic mass is 10.1. The number of hydrogen-bond acceptors (Lipinski definition) is 3. The highest BCUT2D eigenvalue weighted by Gasteiger charge is 2.19. The molecule has 0 amide bonds. The molecule has 3 nitrogen and oxygen atoms in total. The van der Waals surface area contributed by atoms with Gasteiger partial charge >= 0.3 is 5.97 Å². The number of halogens is 1. The minimum Gasteiger partial charge on any atom is -0.477 e. The van der Waals surface area contributed by atoms with E-state index in [4.69, 9.17) is 11.6 Å². The maximum Gasteiger partial charge on any atom is 0.348 e. The first-order valence-electron chi connectivity index (χ1n) is 6.20. The molecule has 0 saturated carbocycles. The Balaban J connectivity index is 2.13. The van der Waals surface area contributed by atoms with Crippen LogP contribution in [0.5, 0.6) is 0 Å². The second kappa shape index (κ2) is 5.68. The highest BCUT2D eigenvalue weighted by Crippen LogP contribution is 2.34. The summed E-state index contributed by atoms with van der Waals surface area (Å²) in [6.07, 6.45) is 0. The monoisotopic (exact) mass is 315 g/mol. The second-order valence-corrected chi connectivity index (χ2v) is 5.81. The third-order valence-electron chi connectivity index (χ3n) is 2.96. The molecule has 0 aliphatic rings. The predicted molar refractivity (Wildman–Crippen MR) is 85.0 cm³/mol. The Labute approximate surface area is 130 Å². The normalized spacial score (nSPS) is 10.5. The van der Waals surface area contributed by atoms with Crippen LogP contribution in [-0.2, 0) is 0 Å². The van der Waals surface area contributed by atoms with Gasteiger partial charge in [0, 0.05) is 16.1 Å². The van der Waals surface area contributed by atoms with Crippen molar-refractivity contribution in [1.82, 2.24) is 4.98 Å². The number of carboxylic acid groups (broad SMARTS) is 1. The van der Waals surface area contributed by atoms with Crippen molar-refractivity contribution in [2.45, 2.75) is 0 Å². The fourth-order valence-electron chi connectivity index (χ4n) is 1.97. The molecule has 3 rings (SSSR count). The molecular formula is C16H10ClNO2S. The van der Waals surface area contributed by atoms with Crippen molar-refractivity contribution in [2.75, 3.05) is 0 Å². The van der Waals surface area contributed by atoms with Gasteiger partial charge in [0.2, 0.25) is 0 Å². The van der Waals surface area contributed by atoms with E-state index in [1.807, 2.05) is 42.5 Å². The number of aromatic carboxylic acids is 1. The van der Waals surface area contributed by atoms with Crippen LogP contribution in [0.15, 0.2) is 54.6 Å². The minimum atomic E-state index is -0.966. The topological polar surface area (TPSA) is 50.2 Å². The summed E-state index contributed by atoms with van der Waals surface area (Å²) in [6.45, 7) is 0. The van der Waals surface area contributed by atoms with Gasteiger partial charge in [-0.15, -0.1) is 11.3 Å². The van der Waals surface area contributed by atoms with Crippen molar-refractivity contribution in [3.8, 4) is 21.8 Å². The first-order valence-corrected chi connectivity index (χ1v) is 7.40. The number of carboxylic acids is 1. The molecule has 0 unspecified atom stereocenters. The van der Waals surface area contributed by atoms with E-state index in [0.717, 1.165) is 11.1 Å². The molecule has 1 N–H and O–H groups in total. The molecule has 104 valence electrons. The lowest BCUT2D eigenvalue weighted by molar-refractivity contribution is 0.0702. The molecule has 2 aromatic carbocycles. The number of carbonyl (C=O) groups is 1. The van der Waals surface area contributed by atoms with Gasteiger partial charge in [0.25, 0.3) is 0 Å². The van der Waals surface area contributed by atoms with E-state index in [2.05, 4.69) is 4.98 Å².